The van der Waals surface area contributed by atoms with Crippen LogP contribution in [0.1, 0.15) is 52.7 Å². The molecule has 0 fully saturated rings. The van der Waals surface area contributed by atoms with E-state index in [-0.39, 0.29) is 23.5 Å². The van der Waals surface area contributed by atoms with Crippen LogP contribution in [0.15, 0.2) is 84.0 Å². The van der Waals surface area contributed by atoms with E-state index >= 15 is 0 Å². The highest BCUT2D eigenvalue weighted by Gasteiger charge is 2.35. The second kappa shape index (κ2) is 11.4. The first kappa shape index (κ1) is 28.7. The number of carbonyl (C=O) groups excluding carboxylic acids is 3. The average Bonchev–Trinajstić information content (AvgIpc) is 3.78. The Labute approximate surface area is 263 Å². The summed E-state index contributed by atoms with van der Waals surface area (Å²) >= 11 is 0. The van der Waals surface area contributed by atoms with Gasteiger partial charge in [0.2, 0.25) is 0 Å². The van der Waals surface area contributed by atoms with Gasteiger partial charge in [-0.15, -0.1) is 0 Å². The minimum Gasteiger partial charge on any atom is -0.507 e. The lowest BCUT2D eigenvalue weighted by atomic mass is 9.93. The number of carbonyl (C=O) groups is 3. The van der Waals surface area contributed by atoms with Crippen LogP contribution in [-0.4, -0.2) is 45.7 Å². The van der Waals surface area contributed by atoms with Gasteiger partial charge in [-0.1, -0.05) is 31.2 Å². The van der Waals surface area contributed by atoms with Gasteiger partial charge in [0.05, 0.1) is 5.69 Å². The third-order valence-corrected chi connectivity index (χ3v) is 8.41. The highest BCUT2D eigenvalue weighted by molar-refractivity contribution is 6.12. The Balaban J connectivity index is 1.10. The molecule has 6 N–H and O–H groups in total. The second-order valence-electron chi connectivity index (χ2n) is 11.3. The summed E-state index contributed by atoms with van der Waals surface area (Å²) in [5.74, 6) is -0.212. The number of hydrazone groups is 1. The van der Waals surface area contributed by atoms with Gasteiger partial charge in [-0.25, -0.2) is 10.2 Å². The number of nitrogens with one attached hydrogen (secondary N) is 5. The second-order valence-corrected chi connectivity index (χ2v) is 11.3. The van der Waals surface area contributed by atoms with Crippen LogP contribution in [-0.2, 0) is 0 Å². The topological polar surface area (TPSA) is 155 Å². The number of rotatable bonds is 6. The van der Waals surface area contributed by atoms with Crippen molar-refractivity contribution < 1.29 is 19.5 Å². The molecule has 4 amide bonds. The Kier molecular flexibility index (Phi) is 7.12. The van der Waals surface area contributed by atoms with E-state index in [1.807, 2.05) is 36.4 Å². The first-order valence-corrected chi connectivity index (χ1v) is 15.0. The summed E-state index contributed by atoms with van der Waals surface area (Å²) in [5, 5.41) is 23.4. The van der Waals surface area contributed by atoms with Crippen molar-refractivity contribution in [1.29, 1.82) is 0 Å². The fourth-order valence-corrected chi connectivity index (χ4v) is 6.24. The number of benzene rings is 4. The van der Waals surface area contributed by atoms with Crippen LogP contribution < -0.4 is 21.0 Å². The highest BCUT2D eigenvalue weighted by atomic mass is 16.3. The zero-order valence-electron chi connectivity index (χ0n) is 25.1. The minimum atomic E-state index is -0.473. The molecular formula is C35H31N7O4. The van der Waals surface area contributed by atoms with Crippen LogP contribution in [0.25, 0.3) is 32.6 Å². The summed E-state index contributed by atoms with van der Waals surface area (Å²) in [6, 6.07) is 23.1. The average molecular weight is 614 g/mol. The molecule has 0 saturated heterocycles. The molecule has 4 aromatic carbocycles. The van der Waals surface area contributed by atoms with Crippen LogP contribution in [0.2, 0.25) is 0 Å². The van der Waals surface area contributed by atoms with Crippen LogP contribution in [0.3, 0.4) is 0 Å². The number of phenolic OH excluding ortho intramolecular Hbond substituents is 1. The maximum Gasteiger partial charge on any atom is 0.339 e. The maximum atomic E-state index is 13.9. The van der Waals surface area contributed by atoms with E-state index in [0.717, 1.165) is 50.2 Å². The predicted molar refractivity (Wildman–Crippen MR) is 181 cm³/mol. The molecule has 230 valence electrons. The van der Waals surface area contributed by atoms with Crippen molar-refractivity contribution in [2.75, 3.05) is 22.1 Å². The van der Waals surface area contributed by atoms with E-state index in [4.69, 9.17) is 0 Å². The highest BCUT2D eigenvalue weighted by Crippen LogP contribution is 2.46. The van der Waals surface area contributed by atoms with E-state index in [2.05, 4.69) is 38.1 Å². The Hall–Kier alpha value is -6.10. The Morgan fingerprint density at radius 2 is 1.54 bits per heavy atom. The summed E-state index contributed by atoms with van der Waals surface area (Å²) in [4.78, 5) is 47.0. The lowest BCUT2D eigenvalue weighted by molar-refractivity contribution is 0.0982. The molecule has 11 nitrogen and oxygen atoms in total. The van der Waals surface area contributed by atoms with Gasteiger partial charge in [0.15, 0.2) is 0 Å². The molecule has 1 unspecified atom stereocenters. The van der Waals surface area contributed by atoms with Crippen molar-refractivity contribution in [3.63, 3.8) is 0 Å². The molecule has 1 aliphatic rings. The van der Waals surface area contributed by atoms with E-state index in [0.29, 0.717) is 29.3 Å². The number of aromatic nitrogens is 2. The quantitative estimate of drug-likeness (QED) is 0.0880. The van der Waals surface area contributed by atoms with E-state index in [1.54, 1.807) is 54.3 Å². The van der Waals surface area contributed by atoms with Crippen LogP contribution >= 0.6 is 0 Å². The normalized spacial score (nSPS) is 14.3. The first-order chi connectivity index (χ1) is 22.3. The van der Waals surface area contributed by atoms with Gasteiger partial charge in [-0.2, -0.15) is 5.10 Å². The zero-order chi connectivity index (χ0) is 31.9. The van der Waals surface area contributed by atoms with Gasteiger partial charge in [0, 0.05) is 63.3 Å². The van der Waals surface area contributed by atoms with Crippen molar-refractivity contribution in [3.8, 4) is 5.75 Å². The molecule has 7 rings (SSSR count). The fraction of sp³-hybridized carbons (Fsp3) is 0.143. The molecule has 46 heavy (non-hydrogen) atoms. The molecule has 6 aromatic rings. The SMILES string of the molecule is C/C=N/NC(=O)Nc1ccc2[nH]c(C(=O)Nc3ccc4[nH]c(C(=O)N5CC(CC)c6c5cc(O)c5ccccc65)cc4c3)cc2c1. The summed E-state index contributed by atoms with van der Waals surface area (Å²) in [7, 11) is 0. The monoisotopic (exact) mass is 613 g/mol. The van der Waals surface area contributed by atoms with Crippen molar-refractivity contribution in [3.05, 3.63) is 95.8 Å². The van der Waals surface area contributed by atoms with Gasteiger partial charge in [-0.05, 0) is 72.8 Å². The summed E-state index contributed by atoms with van der Waals surface area (Å²) < 4.78 is 0. The Bertz CT molecular complexity index is 2210. The number of phenols is 1. The zero-order valence-corrected chi connectivity index (χ0v) is 25.1. The molecule has 2 aromatic heterocycles. The van der Waals surface area contributed by atoms with E-state index < -0.39 is 6.03 Å². The number of aromatic amines is 2. The predicted octanol–water partition coefficient (Wildman–Crippen LogP) is 7.04. The summed E-state index contributed by atoms with van der Waals surface area (Å²) in [5.41, 5.74) is 7.55. The molecule has 0 saturated carbocycles. The first-order valence-electron chi connectivity index (χ1n) is 15.0. The number of anilines is 3. The van der Waals surface area contributed by atoms with Gasteiger partial charge in [0.1, 0.15) is 17.1 Å². The molecule has 3 heterocycles. The largest absolute Gasteiger partial charge is 0.507 e. The minimum absolute atomic E-state index is 0.151. The molecule has 0 spiro atoms. The molecule has 11 heteroatoms. The van der Waals surface area contributed by atoms with Gasteiger partial charge >= 0.3 is 6.03 Å². The molecule has 1 atom stereocenters. The third-order valence-electron chi connectivity index (χ3n) is 8.41. The van der Waals surface area contributed by atoms with E-state index in [9.17, 15) is 19.5 Å². The van der Waals surface area contributed by atoms with Crippen molar-refractivity contribution in [1.82, 2.24) is 15.4 Å². The molecule has 1 aliphatic heterocycles. The molecular weight excluding hydrogens is 582 g/mol. The van der Waals surface area contributed by atoms with Crippen molar-refractivity contribution >= 4 is 73.7 Å². The Morgan fingerprint density at radius 1 is 0.891 bits per heavy atom. The number of nitrogens with zero attached hydrogens (tertiary/aromatic N) is 2. The van der Waals surface area contributed by atoms with Crippen LogP contribution in [0, 0.1) is 0 Å². The van der Waals surface area contributed by atoms with Gasteiger partial charge in [0.25, 0.3) is 11.8 Å². The maximum absolute atomic E-state index is 13.9. The third kappa shape index (κ3) is 5.07. The summed E-state index contributed by atoms with van der Waals surface area (Å²) in [6.45, 7) is 4.33. The lowest BCUT2D eigenvalue weighted by Gasteiger charge is -2.17. The number of urea groups is 1. The number of aromatic hydroxyl groups is 1. The number of hydrogen-bond acceptors (Lipinski definition) is 5. The Morgan fingerprint density at radius 3 is 2.24 bits per heavy atom. The molecule has 0 aliphatic carbocycles. The van der Waals surface area contributed by atoms with Crippen LogP contribution in [0.5, 0.6) is 5.75 Å². The standard InChI is InChI=1S/C35H31N7O4/c1-3-19-18-42(30-17-31(43)24-7-5-6-8-25(24)32(19)30)34(45)29-16-21-13-22(9-11-27(21)40-29)37-33(44)28-15-20-14-23(10-12-26(20)39-28)38-35(46)41-36-4-2/h4-17,19,39-40,43H,3,18H2,1-2H3,(H,37,44)(H2,38,41,46)/b36-4+. The number of fused-ring (bicyclic) bond motifs is 5. The van der Waals surface area contributed by atoms with Gasteiger partial charge in [-0.3, -0.25) is 9.59 Å². The van der Waals surface area contributed by atoms with E-state index in [1.165, 1.54) is 6.21 Å². The smallest absolute Gasteiger partial charge is 0.339 e. The number of hydrogen-bond donors (Lipinski definition) is 6. The molecule has 0 bridgehead atoms. The number of amides is 4. The van der Waals surface area contributed by atoms with Crippen molar-refractivity contribution in [2.24, 2.45) is 5.10 Å². The molecule has 0 radical (unpaired) electrons. The fourth-order valence-electron chi connectivity index (χ4n) is 6.24. The van der Waals surface area contributed by atoms with Gasteiger partial charge < -0.3 is 30.6 Å². The lowest BCUT2D eigenvalue weighted by Crippen LogP contribution is -2.30. The van der Waals surface area contributed by atoms with Crippen molar-refractivity contribution in [2.45, 2.75) is 26.2 Å². The summed E-state index contributed by atoms with van der Waals surface area (Å²) in [6.07, 6.45) is 2.33. The number of H-pyrrole nitrogens is 2. The van der Waals surface area contributed by atoms with Crippen LogP contribution in [0.4, 0.5) is 21.9 Å².